The van der Waals surface area contributed by atoms with Crippen LogP contribution in [0.25, 0.3) is 10.8 Å². The normalized spacial score (nSPS) is 12.1. The number of hydrogen-bond acceptors (Lipinski definition) is 4. The van der Waals surface area contributed by atoms with Crippen LogP contribution >= 0.6 is 11.3 Å². The Labute approximate surface area is 191 Å². The Hall–Kier alpha value is -3.45. The largest absolute Gasteiger partial charge is 0.344 e. The lowest BCUT2D eigenvalue weighted by atomic mass is 10.0. The molecule has 0 aliphatic rings. The maximum Gasteiger partial charge on any atom is 0.248 e. The molecule has 1 unspecified atom stereocenters. The van der Waals surface area contributed by atoms with Gasteiger partial charge in [-0.3, -0.25) is 9.59 Å². The van der Waals surface area contributed by atoms with Gasteiger partial charge < -0.3 is 10.6 Å². The van der Waals surface area contributed by atoms with Gasteiger partial charge in [0.05, 0.1) is 19.2 Å². The van der Waals surface area contributed by atoms with E-state index in [1.54, 1.807) is 28.3 Å². The number of carbonyl (C=O) groups excluding carboxylic acids is 2. The number of benzene rings is 2. The minimum Gasteiger partial charge on any atom is -0.344 e. The SMILES string of the molecule is CC(C)C(NC(=O)Cc1cccc2ccccc12)C(=O)Nc1ccnn1Cc1cccs1. The van der Waals surface area contributed by atoms with E-state index < -0.39 is 6.04 Å². The van der Waals surface area contributed by atoms with Gasteiger partial charge in [-0.15, -0.1) is 11.3 Å². The van der Waals surface area contributed by atoms with Gasteiger partial charge in [0, 0.05) is 10.9 Å². The Kier molecular flexibility index (Phi) is 6.66. The molecule has 0 spiro atoms. The fraction of sp³-hybridized carbons (Fsp3) is 0.240. The van der Waals surface area contributed by atoms with Crippen molar-refractivity contribution < 1.29 is 9.59 Å². The molecule has 0 radical (unpaired) electrons. The molecule has 0 bridgehead atoms. The van der Waals surface area contributed by atoms with E-state index >= 15 is 0 Å². The molecule has 6 nitrogen and oxygen atoms in total. The van der Waals surface area contributed by atoms with Crippen molar-refractivity contribution in [1.82, 2.24) is 15.1 Å². The minimum atomic E-state index is -0.650. The second-order valence-corrected chi connectivity index (χ2v) is 9.08. The van der Waals surface area contributed by atoms with Crippen molar-refractivity contribution >= 4 is 39.7 Å². The van der Waals surface area contributed by atoms with Gasteiger partial charge in [-0.1, -0.05) is 62.4 Å². The third-order valence-electron chi connectivity index (χ3n) is 5.35. The van der Waals surface area contributed by atoms with Crippen molar-refractivity contribution in [2.75, 3.05) is 5.32 Å². The first kappa shape index (κ1) is 21.8. The molecule has 1 atom stereocenters. The van der Waals surface area contributed by atoms with E-state index in [4.69, 9.17) is 0 Å². The Balaban J connectivity index is 1.44. The highest BCUT2D eigenvalue weighted by atomic mass is 32.1. The zero-order valence-corrected chi connectivity index (χ0v) is 18.9. The molecule has 2 aromatic heterocycles. The summed E-state index contributed by atoms with van der Waals surface area (Å²) >= 11 is 1.64. The molecule has 0 aliphatic heterocycles. The lowest BCUT2D eigenvalue weighted by Crippen LogP contribution is -2.47. The third-order valence-corrected chi connectivity index (χ3v) is 6.21. The van der Waals surface area contributed by atoms with Crippen LogP contribution in [-0.2, 0) is 22.6 Å². The molecule has 0 saturated heterocycles. The van der Waals surface area contributed by atoms with Crippen molar-refractivity contribution in [2.24, 2.45) is 5.92 Å². The van der Waals surface area contributed by atoms with Gasteiger partial charge in [-0.25, -0.2) is 4.68 Å². The molecule has 4 aromatic rings. The standard InChI is InChI=1S/C25H26N4O2S/c1-17(2)24(25(31)27-22-12-13-26-29(22)16-20-10-6-14-32-20)28-23(30)15-19-9-5-8-18-7-3-4-11-21(18)19/h3-14,17,24H,15-16H2,1-2H3,(H,27,31)(H,28,30). The van der Waals surface area contributed by atoms with E-state index in [1.807, 2.05) is 73.8 Å². The van der Waals surface area contributed by atoms with Crippen LogP contribution in [0.15, 0.2) is 72.2 Å². The molecule has 164 valence electrons. The number of carbonyl (C=O) groups is 2. The molecule has 0 aliphatic carbocycles. The molecule has 32 heavy (non-hydrogen) atoms. The second kappa shape index (κ2) is 9.78. The third kappa shape index (κ3) is 5.06. The first-order chi connectivity index (χ1) is 15.5. The van der Waals surface area contributed by atoms with Gasteiger partial charge in [0.15, 0.2) is 0 Å². The van der Waals surface area contributed by atoms with E-state index in [-0.39, 0.29) is 24.2 Å². The Bertz CT molecular complexity index is 1210. The fourth-order valence-corrected chi connectivity index (χ4v) is 4.38. The average Bonchev–Trinajstić information content (AvgIpc) is 3.45. The molecule has 2 aromatic carbocycles. The van der Waals surface area contributed by atoms with Gasteiger partial charge in [0.25, 0.3) is 0 Å². The fourth-order valence-electron chi connectivity index (χ4n) is 3.70. The summed E-state index contributed by atoms with van der Waals surface area (Å²) in [6, 6.07) is 19.1. The smallest absolute Gasteiger partial charge is 0.248 e. The van der Waals surface area contributed by atoms with Crippen molar-refractivity contribution in [1.29, 1.82) is 0 Å². The summed E-state index contributed by atoms with van der Waals surface area (Å²) in [6.07, 6.45) is 1.88. The number of fused-ring (bicyclic) bond motifs is 1. The second-order valence-electron chi connectivity index (χ2n) is 8.05. The van der Waals surface area contributed by atoms with E-state index in [2.05, 4.69) is 15.7 Å². The lowest BCUT2D eigenvalue weighted by Gasteiger charge is -2.22. The number of thiophene rings is 1. The van der Waals surface area contributed by atoms with Crippen molar-refractivity contribution in [3.63, 3.8) is 0 Å². The van der Waals surface area contributed by atoms with Crippen molar-refractivity contribution in [3.05, 3.63) is 82.7 Å². The zero-order valence-electron chi connectivity index (χ0n) is 18.1. The average molecular weight is 447 g/mol. The Morgan fingerprint density at radius 3 is 2.62 bits per heavy atom. The maximum absolute atomic E-state index is 13.0. The monoisotopic (exact) mass is 446 g/mol. The molecule has 2 heterocycles. The van der Waals surface area contributed by atoms with E-state index in [0.29, 0.717) is 12.4 Å². The van der Waals surface area contributed by atoms with Gasteiger partial charge in [0.1, 0.15) is 11.9 Å². The zero-order chi connectivity index (χ0) is 22.5. The molecular weight excluding hydrogens is 420 g/mol. The summed E-state index contributed by atoms with van der Waals surface area (Å²) in [7, 11) is 0. The highest BCUT2D eigenvalue weighted by Gasteiger charge is 2.25. The predicted molar refractivity (Wildman–Crippen MR) is 129 cm³/mol. The number of anilines is 1. The molecule has 0 saturated carbocycles. The van der Waals surface area contributed by atoms with Crippen LogP contribution in [0.5, 0.6) is 0 Å². The first-order valence-electron chi connectivity index (χ1n) is 10.6. The van der Waals surface area contributed by atoms with Crippen LogP contribution in [0.1, 0.15) is 24.3 Å². The van der Waals surface area contributed by atoms with Crippen LogP contribution < -0.4 is 10.6 Å². The number of rotatable bonds is 8. The van der Waals surface area contributed by atoms with E-state index in [9.17, 15) is 9.59 Å². The summed E-state index contributed by atoms with van der Waals surface area (Å²) in [6.45, 7) is 4.43. The Morgan fingerprint density at radius 2 is 1.84 bits per heavy atom. The summed E-state index contributed by atoms with van der Waals surface area (Å²) in [5, 5.41) is 14.3. The quantitative estimate of drug-likeness (QED) is 0.419. The van der Waals surface area contributed by atoms with Crippen molar-refractivity contribution in [3.8, 4) is 0 Å². The van der Waals surface area contributed by atoms with Crippen LogP contribution in [0.2, 0.25) is 0 Å². The van der Waals surface area contributed by atoms with Gasteiger partial charge >= 0.3 is 0 Å². The molecule has 4 rings (SSSR count). The molecule has 7 heteroatoms. The minimum absolute atomic E-state index is 0.0693. The molecular formula is C25H26N4O2S. The lowest BCUT2D eigenvalue weighted by molar-refractivity contribution is -0.127. The number of amides is 2. The van der Waals surface area contributed by atoms with E-state index in [1.165, 1.54) is 0 Å². The number of nitrogens with zero attached hydrogens (tertiary/aromatic N) is 2. The van der Waals surface area contributed by atoms with Gasteiger partial charge in [-0.05, 0) is 33.7 Å². The molecule has 0 fully saturated rings. The predicted octanol–water partition coefficient (Wildman–Crippen LogP) is 4.47. The first-order valence-corrected chi connectivity index (χ1v) is 11.5. The van der Waals surface area contributed by atoms with Crippen LogP contribution in [0, 0.1) is 5.92 Å². The Morgan fingerprint density at radius 1 is 1.03 bits per heavy atom. The number of aromatic nitrogens is 2. The van der Waals surface area contributed by atoms with E-state index in [0.717, 1.165) is 21.2 Å². The highest BCUT2D eigenvalue weighted by molar-refractivity contribution is 7.09. The number of nitrogens with one attached hydrogen (secondary N) is 2. The van der Waals surface area contributed by atoms with Crippen LogP contribution in [0.3, 0.4) is 0 Å². The van der Waals surface area contributed by atoms with Crippen molar-refractivity contribution in [2.45, 2.75) is 32.9 Å². The highest BCUT2D eigenvalue weighted by Crippen LogP contribution is 2.19. The summed E-state index contributed by atoms with van der Waals surface area (Å²) in [4.78, 5) is 27.0. The topological polar surface area (TPSA) is 76.0 Å². The number of hydrogen-bond donors (Lipinski definition) is 2. The van der Waals surface area contributed by atoms with Crippen LogP contribution in [-0.4, -0.2) is 27.6 Å². The van der Waals surface area contributed by atoms with Gasteiger partial charge in [0.2, 0.25) is 11.8 Å². The summed E-state index contributed by atoms with van der Waals surface area (Å²) < 4.78 is 1.75. The summed E-state index contributed by atoms with van der Waals surface area (Å²) in [5.74, 6) is 0.110. The molecule has 2 N–H and O–H groups in total. The molecule has 2 amide bonds. The maximum atomic E-state index is 13.0. The van der Waals surface area contributed by atoms with Crippen LogP contribution in [0.4, 0.5) is 5.82 Å². The van der Waals surface area contributed by atoms with Gasteiger partial charge in [-0.2, -0.15) is 5.10 Å². The summed E-state index contributed by atoms with van der Waals surface area (Å²) in [5.41, 5.74) is 0.942.